The molecule has 0 heteroatoms. The van der Waals surface area contributed by atoms with Crippen LogP contribution in [0.3, 0.4) is 0 Å². The lowest BCUT2D eigenvalue weighted by Gasteiger charge is -2.19. The van der Waals surface area contributed by atoms with Gasteiger partial charge >= 0.3 is 0 Å². The Morgan fingerprint density at radius 1 is 0.500 bits per heavy atom. The summed E-state index contributed by atoms with van der Waals surface area (Å²) in [4.78, 5) is 0. The van der Waals surface area contributed by atoms with Gasteiger partial charge in [0.2, 0.25) is 0 Å². The van der Waals surface area contributed by atoms with Crippen LogP contribution in [-0.2, 0) is 0 Å². The van der Waals surface area contributed by atoms with E-state index in [9.17, 15) is 0 Å². The van der Waals surface area contributed by atoms with Gasteiger partial charge in [-0.25, -0.2) is 0 Å². The number of hydrogen-bond donors (Lipinski definition) is 0. The van der Waals surface area contributed by atoms with Crippen LogP contribution in [0.5, 0.6) is 0 Å². The molecule has 0 heterocycles. The molecule has 4 unspecified atom stereocenters. The highest BCUT2D eigenvalue weighted by Gasteiger charge is 2.31. The molecule has 4 aliphatic carbocycles. The minimum absolute atomic E-state index is 0. The van der Waals surface area contributed by atoms with E-state index in [2.05, 4.69) is 27.7 Å². The highest BCUT2D eigenvalue weighted by atomic mass is 14.4. The number of fused-ring (bicyclic) bond motifs is 4. The van der Waals surface area contributed by atoms with Crippen molar-refractivity contribution in [3.8, 4) is 0 Å². The van der Waals surface area contributed by atoms with Crippen LogP contribution in [0, 0.1) is 23.7 Å². The summed E-state index contributed by atoms with van der Waals surface area (Å²) >= 11 is 0. The molecule has 22 heavy (non-hydrogen) atoms. The van der Waals surface area contributed by atoms with Crippen LogP contribution >= 0.6 is 0 Å². The van der Waals surface area contributed by atoms with Crippen molar-refractivity contribution < 1.29 is 0 Å². The Balaban J connectivity index is 0.000000154. The normalized spacial score (nSPS) is 36.5. The summed E-state index contributed by atoms with van der Waals surface area (Å²) in [7, 11) is 0. The molecule has 0 amide bonds. The second kappa shape index (κ2) is 7.37. The molecular weight excluding hydrogens is 264 g/mol. The first-order valence-electron chi connectivity index (χ1n) is 9.42. The Morgan fingerprint density at radius 2 is 0.773 bits per heavy atom. The molecule has 2 fully saturated rings. The van der Waals surface area contributed by atoms with Gasteiger partial charge in [0.25, 0.3) is 0 Å². The molecule has 4 atom stereocenters. The quantitative estimate of drug-likeness (QED) is 0.411. The maximum atomic E-state index is 2.35. The van der Waals surface area contributed by atoms with Crippen molar-refractivity contribution in [1.82, 2.24) is 0 Å². The molecule has 4 bridgehead atoms. The fourth-order valence-electron chi connectivity index (χ4n) is 5.41. The largest absolute Gasteiger partial charge is 0.0776 e. The molecule has 0 N–H and O–H groups in total. The summed E-state index contributed by atoms with van der Waals surface area (Å²) in [6.07, 6.45) is 13.3. The van der Waals surface area contributed by atoms with Crippen molar-refractivity contribution >= 4 is 0 Å². The second-order valence-corrected chi connectivity index (χ2v) is 8.21. The molecule has 0 spiro atoms. The molecule has 4 rings (SSSR count). The molecule has 126 valence electrons. The van der Waals surface area contributed by atoms with Gasteiger partial charge in [-0.2, -0.15) is 0 Å². The summed E-state index contributed by atoms with van der Waals surface area (Å²) < 4.78 is 0. The predicted octanol–water partition coefficient (Wildman–Crippen LogP) is 7.31. The van der Waals surface area contributed by atoms with Crippen LogP contribution in [0.2, 0.25) is 0 Å². The van der Waals surface area contributed by atoms with E-state index in [0.717, 1.165) is 23.7 Å². The number of rotatable bonds is 0. The molecule has 0 radical (unpaired) electrons. The van der Waals surface area contributed by atoms with E-state index in [1.165, 1.54) is 57.8 Å². The fraction of sp³-hybridized carbons (Fsp3) is 0.818. The monoisotopic (exact) mass is 302 g/mol. The first-order chi connectivity index (χ1) is 10.1. The van der Waals surface area contributed by atoms with Crippen LogP contribution in [0.1, 0.15) is 92.9 Å². The van der Waals surface area contributed by atoms with Gasteiger partial charge in [0, 0.05) is 0 Å². The van der Waals surface area contributed by atoms with Crippen molar-refractivity contribution in [2.24, 2.45) is 23.7 Å². The zero-order valence-corrected chi connectivity index (χ0v) is 14.7. The van der Waals surface area contributed by atoms with Crippen molar-refractivity contribution in [2.75, 3.05) is 0 Å². The van der Waals surface area contributed by atoms with Crippen molar-refractivity contribution in [2.45, 2.75) is 92.9 Å². The second-order valence-electron chi connectivity index (χ2n) is 8.21. The van der Waals surface area contributed by atoms with Crippen LogP contribution in [0.25, 0.3) is 0 Å². The van der Waals surface area contributed by atoms with Crippen LogP contribution in [-0.4, -0.2) is 0 Å². The summed E-state index contributed by atoms with van der Waals surface area (Å²) in [6, 6.07) is 0. The summed E-state index contributed by atoms with van der Waals surface area (Å²) in [6.45, 7) is 9.38. The third kappa shape index (κ3) is 3.36. The van der Waals surface area contributed by atoms with Gasteiger partial charge in [-0.1, -0.05) is 49.0 Å². The Labute approximate surface area is 139 Å². The first-order valence-corrected chi connectivity index (χ1v) is 9.42. The minimum Gasteiger partial charge on any atom is -0.0776 e. The van der Waals surface area contributed by atoms with Gasteiger partial charge in [-0.05, 0) is 89.9 Å². The van der Waals surface area contributed by atoms with Gasteiger partial charge < -0.3 is 0 Å². The third-order valence-corrected chi connectivity index (χ3v) is 7.29. The molecule has 0 nitrogen and oxygen atoms in total. The van der Waals surface area contributed by atoms with Gasteiger partial charge in [0.15, 0.2) is 0 Å². The molecule has 0 aromatic rings. The van der Waals surface area contributed by atoms with Gasteiger partial charge in [0.1, 0.15) is 0 Å². The van der Waals surface area contributed by atoms with Crippen LogP contribution in [0.4, 0.5) is 0 Å². The predicted molar refractivity (Wildman–Crippen MR) is 99.0 cm³/mol. The maximum absolute atomic E-state index is 2.35. The molecular formula is C22H38. The van der Waals surface area contributed by atoms with E-state index >= 15 is 0 Å². The summed E-state index contributed by atoms with van der Waals surface area (Å²) in [5.41, 5.74) is 6.91. The Hall–Kier alpha value is -0.520. The number of hydrogen-bond acceptors (Lipinski definition) is 0. The van der Waals surface area contributed by atoms with Crippen molar-refractivity contribution in [1.29, 1.82) is 0 Å². The van der Waals surface area contributed by atoms with E-state index in [-0.39, 0.29) is 7.43 Å². The number of allylic oxidation sites excluding steroid dienone is 4. The van der Waals surface area contributed by atoms with Crippen molar-refractivity contribution in [3.05, 3.63) is 22.3 Å². The average Bonchev–Trinajstić information content (AvgIpc) is 2.80. The zero-order valence-electron chi connectivity index (χ0n) is 14.7. The van der Waals surface area contributed by atoms with E-state index in [0.29, 0.717) is 0 Å². The third-order valence-electron chi connectivity index (χ3n) is 7.29. The highest BCUT2D eigenvalue weighted by molar-refractivity contribution is 5.24. The molecule has 0 aliphatic heterocycles. The van der Waals surface area contributed by atoms with E-state index < -0.39 is 0 Å². The maximum Gasteiger partial charge on any atom is -0.0198 e. The fourth-order valence-corrected chi connectivity index (χ4v) is 5.41. The smallest absolute Gasteiger partial charge is 0.0198 e. The van der Waals surface area contributed by atoms with E-state index in [4.69, 9.17) is 0 Å². The summed E-state index contributed by atoms with van der Waals surface area (Å²) in [5.74, 6) is 3.92. The summed E-state index contributed by atoms with van der Waals surface area (Å²) in [5, 5.41) is 0. The van der Waals surface area contributed by atoms with E-state index in [1.54, 1.807) is 22.3 Å². The Morgan fingerprint density at radius 3 is 1.09 bits per heavy atom. The lowest BCUT2D eigenvalue weighted by molar-refractivity contribution is 0.368. The lowest BCUT2D eigenvalue weighted by Crippen LogP contribution is -2.07. The average molecular weight is 303 g/mol. The van der Waals surface area contributed by atoms with Gasteiger partial charge in [-0.3, -0.25) is 0 Å². The van der Waals surface area contributed by atoms with Crippen molar-refractivity contribution in [3.63, 3.8) is 0 Å². The van der Waals surface area contributed by atoms with Gasteiger partial charge in [0.05, 0.1) is 0 Å². The lowest BCUT2D eigenvalue weighted by atomic mass is 9.86. The zero-order chi connectivity index (χ0) is 15.0. The first kappa shape index (κ1) is 17.8. The minimum atomic E-state index is 0. The molecule has 0 aromatic heterocycles. The molecule has 2 saturated carbocycles. The van der Waals surface area contributed by atoms with Gasteiger partial charge in [-0.15, -0.1) is 0 Å². The Bertz CT molecular complexity index is 413. The highest BCUT2D eigenvalue weighted by Crippen LogP contribution is 2.45. The standard InChI is InChI=1S/C11H18.C10H16.CH4/c1-8-9(2)11-6-4-3-5-10(8)7-11;1-7-8(2)10-5-3-4-9(7)6-10;/h10-11H,3-7H2,1-2H3;9-10H,3-6H2,1-2H3;1H4. The molecule has 0 aromatic carbocycles. The topological polar surface area (TPSA) is 0 Å². The Kier molecular flexibility index (Phi) is 5.97. The van der Waals surface area contributed by atoms with Crippen LogP contribution in [0.15, 0.2) is 22.3 Å². The van der Waals surface area contributed by atoms with E-state index in [1.807, 2.05) is 0 Å². The van der Waals surface area contributed by atoms with Crippen LogP contribution < -0.4 is 0 Å². The molecule has 0 saturated heterocycles. The molecule has 4 aliphatic rings. The SMILES string of the molecule is C.CC1=C(C)C2CCCC1C2.CC1=C(C)C2CCCCC1C2.